The van der Waals surface area contributed by atoms with Crippen LogP contribution in [0, 0.1) is 0 Å². The van der Waals surface area contributed by atoms with Crippen LogP contribution in [0.25, 0.3) is 0 Å². The Morgan fingerprint density at radius 2 is 1.72 bits per heavy atom. The Morgan fingerprint density at radius 1 is 1.08 bits per heavy atom. The highest BCUT2D eigenvalue weighted by Crippen LogP contribution is 2.25. The molecule has 2 rings (SSSR count). The Bertz CT molecular complexity index is 714. The van der Waals surface area contributed by atoms with Gasteiger partial charge in [0.05, 0.1) is 11.1 Å². The number of carbonyl (C=O) groups is 4. The summed E-state index contributed by atoms with van der Waals surface area (Å²) >= 11 is 0. The van der Waals surface area contributed by atoms with Crippen LogP contribution in [-0.2, 0) is 9.53 Å². The van der Waals surface area contributed by atoms with Crippen LogP contribution in [0.4, 0.5) is 0 Å². The first-order chi connectivity index (χ1) is 11.9. The zero-order chi connectivity index (χ0) is 18.6. The zero-order valence-corrected chi connectivity index (χ0v) is 14.4. The summed E-state index contributed by atoms with van der Waals surface area (Å²) in [7, 11) is 1.42. The van der Waals surface area contributed by atoms with Crippen molar-refractivity contribution in [3.8, 4) is 0 Å². The molecule has 0 bridgehead atoms. The van der Waals surface area contributed by atoms with Gasteiger partial charge in [-0.2, -0.15) is 0 Å². The number of carbonyl (C=O) groups excluding carboxylic acids is 4. The second kappa shape index (κ2) is 7.89. The van der Waals surface area contributed by atoms with E-state index in [1.807, 2.05) is 0 Å². The Labute approximate surface area is 145 Å². The van der Waals surface area contributed by atoms with Gasteiger partial charge in [0.2, 0.25) is 5.91 Å². The first kappa shape index (κ1) is 18.6. The number of nitrogens with one attached hydrogen (secondary N) is 2. The van der Waals surface area contributed by atoms with E-state index < -0.39 is 5.91 Å². The maximum atomic E-state index is 12.3. The van der Waals surface area contributed by atoms with Crippen molar-refractivity contribution in [3.63, 3.8) is 0 Å². The molecule has 0 aliphatic carbocycles. The average molecular weight is 347 g/mol. The van der Waals surface area contributed by atoms with E-state index in [1.165, 1.54) is 30.2 Å². The molecule has 25 heavy (non-hydrogen) atoms. The minimum absolute atomic E-state index is 0.0404. The van der Waals surface area contributed by atoms with Crippen LogP contribution >= 0.6 is 0 Å². The Kier molecular flexibility index (Phi) is 5.87. The minimum atomic E-state index is -0.392. The fourth-order valence-electron chi connectivity index (χ4n) is 2.53. The number of methoxy groups -OCH3 is 1. The van der Waals surface area contributed by atoms with E-state index in [9.17, 15) is 19.2 Å². The lowest BCUT2D eigenvalue weighted by molar-refractivity contribution is -0.124. The Balaban J connectivity index is 1.99. The van der Waals surface area contributed by atoms with Crippen LogP contribution in [-0.4, -0.2) is 61.4 Å². The number of rotatable bonds is 7. The summed E-state index contributed by atoms with van der Waals surface area (Å²) in [5.41, 5.74) is 0.829. The van der Waals surface area contributed by atoms with E-state index in [1.54, 1.807) is 13.8 Å². The third-order valence-electron chi connectivity index (χ3n) is 3.70. The smallest absolute Gasteiger partial charge is 0.261 e. The molecule has 8 nitrogen and oxygen atoms in total. The van der Waals surface area contributed by atoms with Gasteiger partial charge < -0.3 is 15.4 Å². The van der Waals surface area contributed by atoms with Gasteiger partial charge in [0, 0.05) is 31.8 Å². The van der Waals surface area contributed by atoms with Crippen molar-refractivity contribution in [2.75, 3.05) is 26.8 Å². The summed E-state index contributed by atoms with van der Waals surface area (Å²) in [4.78, 5) is 49.1. The second-order valence-corrected chi connectivity index (χ2v) is 5.87. The molecule has 0 saturated heterocycles. The largest absolute Gasteiger partial charge is 0.375 e. The van der Waals surface area contributed by atoms with Crippen LogP contribution in [0.15, 0.2) is 18.2 Å². The van der Waals surface area contributed by atoms with Crippen molar-refractivity contribution in [3.05, 3.63) is 34.9 Å². The third-order valence-corrected chi connectivity index (χ3v) is 3.70. The van der Waals surface area contributed by atoms with Gasteiger partial charge in [0.25, 0.3) is 17.7 Å². The van der Waals surface area contributed by atoms with Gasteiger partial charge in [0.1, 0.15) is 6.61 Å². The lowest BCUT2D eigenvalue weighted by Crippen LogP contribution is -2.36. The molecule has 1 heterocycles. The zero-order valence-electron chi connectivity index (χ0n) is 14.4. The number of hydrogen-bond acceptors (Lipinski definition) is 5. The van der Waals surface area contributed by atoms with Crippen molar-refractivity contribution in [2.24, 2.45) is 0 Å². The molecule has 0 atom stereocenters. The predicted octanol–water partition coefficient (Wildman–Crippen LogP) is 0.183. The van der Waals surface area contributed by atoms with E-state index in [-0.39, 0.29) is 54.6 Å². The highest BCUT2D eigenvalue weighted by atomic mass is 16.5. The van der Waals surface area contributed by atoms with Crippen molar-refractivity contribution in [2.45, 2.75) is 19.9 Å². The molecule has 0 fully saturated rings. The number of nitrogens with zero attached hydrogens (tertiary/aromatic N) is 1. The van der Waals surface area contributed by atoms with Crippen molar-refractivity contribution in [1.29, 1.82) is 0 Å². The van der Waals surface area contributed by atoms with Crippen LogP contribution < -0.4 is 10.6 Å². The van der Waals surface area contributed by atoms with Gasteiger partial charge in [-0.15, -0.1) is 0 Å². The standard InChI is InChI=1S/C17H21N3O5/c1-10(2)20-16(23)12-5-4-11(8-13(12)17(20)24)15(22)19-7-6-18-14(21)9-25-3/h4-5,8,10H,6-7,9H2,1-3H3,(H,18,21)(H,19,22). The molecule has 1 aromatic carbocycles. The summed E-state index contributed by atoms with van der Waals surface area (Å²) < 4.78 is 4.68. The van der Waals surface area contributed by atoms with Crippen molar-refractivity contribution < 1.29 is 23.9 Å². The number of imide groups is 1. The molecule has 0 radical (unpaired) electrons. The van der Waals surface area contributed by atoms with E-state index in [0.29, 0.717) is 5.56 Å². The first-order valence-corrected chi connectivity index (χ1v) is 7.92. The van der Waals surface area contributed by atoms with Gasteiger partial charge in [-0.25, -0.2) is 0 Å². The molecule has 0 unspecified atom stereocenters. The van der Waals surface area contributed by atoms with E-state index in [4.69, 9.17) is 0 Å². The molecule has 134 valence electrons. The molecule has 1 aliphatic rings. The topological polar surface area (TPSA) is 105 Å². The van der Waals surface area contributed by atoms with Gasteiger partial charge >= 0.3 is 0 Å². The van der Waals surface area contributed by atoms with Crippen LogP contribution in [0.5, 0.6) is 0 Å². The molecule has 0 aromatic heterocycles. The number of fused-ring (bicyclic) bond motifs is 1. The highest BCUT2D eigenvalue weighted by Gasteiger charge is 2.37. The van der Waals surface area contributed by atoms with Crippen LogP contribution in [0.3, 0.4) is 0 Å². The summed E-state index contributed by atoms with van der Waals surface area (Å²) in [5.74, 6) is -1.39. The molecule has 4 amide bonds. The van der Waals surface area contributed by atoms with Crippen LogP contribution in [0.2, 0.25) is 0 Å². The number of amides is 4. The second-order valence-electron chi connectivity index (χ2n) is 5.87. The summed E-state index contributed by atoms with van der Waals surface area (Å²) in [6.45, 7) is 3.97. The maximum absolute atomic E-state index is 12.3. The molecule has 1 aromatic rings. The highest BCUT2D eigenvalue weighted by molar-refractivity contribution is 6.22. The fourth-order valence-corrected chi connectivity index (χ4v) is 2.53. The predicted molar refractivity (Wildman–Crippen MR) is 89.3 cm³/mol. The summed E-state index contributed by atoms with van der Waals surface area (Å²) in [5, 5.41) is 5.22. The quantitative estimate of drug-likeness (QED) is 0.541. The molecule has 0 saturated carbocycles. The molecule has 0 spiro atoms. The Morgan fingerprint density at radius 3 is 2.36 bits per heavy atom. The Hall–Kier alpha value is -2.74. The maximum Gasteiger partial charge on any atom is 0.261 e. The van der Waals surface area contributed by atoms with Gasteiger partial charge in [-0.1, -0.05) is 0 Å². The monoisotopic (exact) mass is 347 g/mol. The summed E-state index contributed by atoms with van der Waals surface area (Å²) in [6, 6.07) is 4.18. The molecule has 8 heteroatoms. The van der Waals surface area contributed by atoms with E-state index >= 15 is 0 Å². The summed E-state index contributed by atoms with van der Waals surface area (Å²) in [6.07, 6.45) is 0. The molecular weight excluding hydrogens is 326 g/mol. The normalized spacial score (nSPS) is 13.2. The molecule has 2 N–H and O–H groups in total. The first-order valence-electron chi connectivity index (χ1n) is 7.92. The van der Waals surface area contributed by atoms with Crippen molar-refractivity contribution in [1.82, 2.24) is 15.5 Å². The number of hydrogen-bond donors (Lipinski definition) is 2. The van der Waals surface area contributed by atoms with Crippen LogP contribution in [0.1, 0.15) is 44.9 Å². The fraction of sp³-hybridized carbons (Fsp3) is 0.412. The minimum Gasteiger partial charge on any atom is -0.375 e. The molecular formula is C17H21N3O5. The van der Waals surface area contributed by atoms with Gasteiger partial charge in [0.15, 0.2) is 0 Å². The SMILES string of the molecule is COCC(=O)NCCNC(=O)c1ccc2c(c1)C(=O)N(C(C)C)C2=O. The molecule has 1 aliphatic heterocycles. The number of benzene rings is 1. The third kappa shape index (κ3) is 4.03. The van der Waals surface area contributed by atoms with Gasteiger partial charge in [-0.3, -0.25) is 24.1 Å². The number of ether oxygens (including phenoxy) is 1. The average Bonchev–Trinajstić information content (AvgIpc) is 2.82. The van der Waals surface area contributed by atoms with E-state index in [0.717, 1.165) is 0 Å². The van der Waals surface area contributed by atoms with Gasteiger partial charge in [-0.05, 0) is 32.0 Å². The van der Waals surface area contributed by atoms with Crippen molar-refractivity contribution >= 4 is 23.6 Å². The van der Waals surface area contributed by atoms with E-state index in [2.05, 4.69) is 15.4 Å². The lowest BCUT2D eigenvalue weighted by Gasteiger charge is -2.17. The lowest BCUT2D eigenvalue weighted by atomic mass is 10.1.